The molecule has 1 amide bonds. The summed E-state index contributed by atoms with van der Waals surface area (Å²) in [6.45, 7) is 12.4. The highest BCUT2D eigenvalue weighted by molar-refractivity contribution is 7.90. The van der Waals surface area contributed by atoms with Gasteiger partial charge >= 0.3 is 0 Å². The monoisotopic (exact) mass is 437 g/mol. The molecule has 0 radical (unpaired) electrons. The normalized spacial score (nSPS) is 20.0. The summed E-state index contributed by atoms with van der Waals surface area (Å²) in [6, 6.07) is 8.07. The first-order chi connectivity index (χ1) is 14.0. The van der Waals surface area contributed by atoms with E-state index >= 15 is 0 Å². The first-order valence-electron chi connectivity index (χ1n) is 11.2. The Bertz CT molecular complexity index is 790. The van der Waals surface area contributed by atoms with E-state index in [2.05, 4.69) is 10.0 Å². The predicted octanol–water partition coefficient (Wildman–Crippen LogP) is 4.24. The Labute approximate surface area is 182 Å². The molecule has 0 unspecified atom stereocenters. The van der Waals surface area contributed by atoms with E-state index in [4.69, 9.17) is 0 Å². The zero-order valence-corrected chi connectivity index (χ0v) is 20.1. The molecule has 30 heavy (non-hydrogen) atoms. The van der Waals surface area contributed by atoms with Crippen molar-refractivity contribution in [1.29, 1.82) is 0 Å². The average Bonchev–Trinajstić information content (AvgIpc) is 2.66. The Hall–Kier alpha value is -1.60. The number of carbonyl (C=O) groups excluding carboxylic acids is 1. The van der Waals surface area contributed by atoms with E-state index in [1.54, 1.807) is 13.8 Å². The number of rotatable bonds is 9. The molecule has 0 aliphatic heterocycles. The van der Waals surface area contributed by atoms with Crippen molar-refractivity contribution in [1.82, 2.24) is 9.62 Å². The van der Waals surface area contributed by atoms with E-state index < -0.39 is 15.3 Å². The third kappa shape index (κ3) is 6.71. The molecule has 2 rings (SSSR count). The van der Waals surface area contributed by atoms with Crippen LogP contribution < -0.4 is 10.0 Å². The molecular weight excluding hydrogens is 398 g/mol. The maximum absolute atomic E-state index is 12.9. The van der Waals surface area contributed by atoms with Crippen molar-refractivity contribution < 1.29 is 13.2 Å². The molecule has 1 fully saturated rings. The van der Waals surface area contributed by atoms with E-state index in [0.717, 1.165) is 37.9 Å². The molecule has 0 heterocycles. The van der Waals surface area contributed by atoms with Gasteiger partial charge in [-0.25, -0.2) is 13.1 Å². The molecule has 7 heteroatoms. The maximum Gasteiger partial charge on any atom is 0.254 e. The minimum atomic E-state index is -3.20. The van der Waals surface area contributed by atoms with Gasteiger partial charge in [-0.05, 0) is 91.3 Å². The van der Waals surface area contributed by atoms with Crippen molar-refractivity contribution in [3.05, 3.63) is 29.8 Å². The number of sulfonamides is 1. The summed E-state index contributed by atoms with van der Waals surface area (Å²) < 4.78 is 27.0. The second-order valence-electron chi connectivity index (χ2n) is 9.29. The van der Waals surface area contributed by atoms with Crippen molar-refractivity contribution in [3.8, 4) is 0 Å². The van der Waals surface area contributed by atoms with Crippen molar-refractivity contribution in [2.75, 3.05) is 11.9 Å². The molecule has 0 bridgehead atoms. The van der Waals surface area contributed by atoms with E-state index in [1.807, 2.05) is 56.9 Å². The average molecular weight is 438 g/mol. The van der Waals surface area contributed by atoms with E-state index in [1.165, 1.54) is 0 Å². The van der Waals surface area contributed by atoms with Gasteiger partial charge in [0, 0.05) is 35.9 Å². The lowest BCUT2D eigenvalue weighted by Crippen LogP contribution is -2.42. The minimum Gasteiger partial charge on any atom is -0.385 e. The van der Waals surface area contributed by atoms with Gasteiger partial charge in [-0.2, -0.15) is 0 Å². The summed E-state index contributed by atoms with van der Waals surface area (Å²) in [4.78, 5) is 14.8. The van der Waals surface area contributed by atoms with Gasteiger partial charge < -0.3 is 10.2 Å². The number of benzene rings is 1. The standard InChI is InChI=1S/C23H39N3O3S/c1-16(2)26(17(3)4)23(27)20-8-7-9-22(14-20)24-15-19-10-12-21(13-11-19)25-30(28,29)18(5)6/h7-9,14,16-19,21,24-25H,10-13,15H2,1-6H3. The summed E-state index contributed by atoms with van der Waals surface area (Å²) in [5, 5.41) is 3.08. The summed E-state index contributed by atoms with van der Waals surface area (Å²) in [5.41, 5.74) is 1.66. The van der Waals surface area contributed by atoms with Crippen molar-refractivity contribution in [3.63, 3.8) is 0 Å². The van der Waals surface area contributed by atoms with Crippen LogP contribution in [0.1, 0.15) is 77.6 Å². The number of hydrogen-bond acceptors (Lipinski definition) is 4. The molecule has 2 N–H and O–H groups in total. The first-order valence-corrected chi connectivity index (χ1v) is 12.7. The highest BCUT2D eigenvalue weighted by Crippen LogP contribution is 2.26. The quantitative estimate of drug-likeness (QED) is 0.605. The van der Waals surface area contributed by atoms with Crippen LogP contribution in [0.4, 0.5) is 5.69 Å². The predicted molar refractivity (Wildman–Crippen MR) is 124 cm³/mol. The van der Waals surface area contributed by atoms with Gasteiger partial charge in [0.2, 0.25) is 10.0 Å². The topological polar surface area (TPSA) is 78.5 Å². The summed E-state index contributed by atoms with van der Waals surface area (Å²) >= 11 is 0. The van der Waals surface area contributed by atoms with Gasteiger partial charge in [-0.1, -0.05) is 6.07 Å². The molecule has 0 aromatic heterocycles. The van der Waals surface area contributed by atoms with E-state index in [9.17, 15) is 13.2 Å². The van der Waals surface area contributed by atoms with E-state index in [-0.39, 0.29) is 24.0 Å². The van der Waals surface area contributed by atoms with Crippen LogP contribution in [0, 0.1) is 5.92 Å². The maximum atomic E-state index is 12.9. The number of anilines is 1. The highest BCUT2D eigenvalue weighted by Gasteiger charge is 2.26. The van der Waals surface area contributed by atoms with Gasteiger partial charge in [-0.15, -0.1) is 0 Å². The first kappa shape index (κ1) is 24.7. The molecule has 1 aliphatic rings. The number of nitrogens with zero attached hydrogens (tertiary/aromatic N) is 1. The summed E-state index contributed by atoms with van der Waals surface area (Å²) in [7, 11) is -3.20. The van der Waals surface area contributed by atoms with Crippen LogP contribution in [-0.2, 0) is 10.0 Å². The molecule has 170 valence electrons. The second-order valence-corrected chi connectivity index (χ2v) is 11.6. The largest absolute Gasteiger partial charge is 0.385 e. The Balaban J connectivity index is 1.89. The van der Waals surface area contributed by atoms with Crippen LogP contribution in [0.2, 0.25) is 0 Å². The van der Waals surface area contributed by atoms with Crippen LogP contribution in [-0.4, -0.2) is 49.1 Å². The van der Waals surface area contributed by atoms with Crippen molar-refractivity contribution >= 4 is 21.6 Å². The zero-order valence-electron chi connectivity index (χ0n) is 19.3. The smallest absolute Gasteiger partial charge is 0.254 e. The minimum absolute atomic E-state index is 0.0487. The van der Waals surface area contributed by atoms with Gasteiger partial charge in [0.1, 0.15) is 0 Å². The van der Waals surface area contributed by atoms with Crippen molar-refractivity contribution in [2.45, 2.75) is 90.6 Å². The van der Waals surface area contributed by atoms with Crippen LogP contribution >= 0.6 is 0 Å². The van der Waals surface area contributed by atoms with E-state index in [0.29, 0.717) is 11.5 Å². The Kier molecular flexibility index (Phi) is 8.73. The fourth-order valence-corrected chi connectivity index (χ4v) is 5.06. The van der Waals surface area contributed by atoms with Gasteiger partial charge in [0.15, 0.2) is 0 Å². The molecule has 0 spiro atoms. The number of nitrogens with one attached hydrogen (secondary N) is 2. The van der Waals surface area contributed by atoms with Crippen LogP contribution in [0.3, 0.4) is 0 Å². The number of amides is 1. The fourth-order valence-electron chi connectivity index (χ4n) is 4.09. The third-order valence-corrected chi connectivity index (χ3v) is 7.75. The number of carbonyl (C=O) groups is 1. The lowest BCUT2D eigenvalue weighted by atomic mass is 9.86. The summed E-state index contributed by atoms with van der Waals surface area (Å²) in [6.07, 6.45) is 3.72. The molecule has 0 atom stereocenters. The van der Waals surface area contributed by atoms with Crippen LogP contribution in [0.25, 0.3) is 0 Å². The second kappa shape index (κ2) is 10.6. The molecule has 1 aromatic carbocycles. The molecule has 1 saturated carbocycles. The Morgan fingerprint density at radius 3 is 2.17 bits per heavy atom. The van der Waals surface area contributed by atoms with Crippen LogP contribution in [0.5, 0.6) is 0 Å². The van der Waals surface area contributed by atoms with Crippen LogP contribution in [0.15, 0.2) is 24.3 Å². The molecule has 1 aromatic rings. The van der Waals surface area contributed by atoms with Gasteiger partial charge in [-0.3, -0.25) is 4.79 Å². The Morgan fingerprint density at radius 1 is 1.03 bits per heavy atom. The molecule has 1 aliphatic carbocycles. The third-order valence-electron chi connectivity index (χ3n) is 5.85. The zero-order chi connectivity index (χ0) is 22.5. The lowest BCUT2D eigenvalue weighted by Gasteiger charge is -2.31. The molecule has 0 saturated heterocycles. The SMILES string of the molecule is CC(C)N(C(=O)c1cccc(NCC2CCC(NS(=O)(=O)C(C)C)CC2)c1)C(C)C. The van der Waals surface area contributed by atoms with Gasteiger partial charge in [0.05, 0.1) is 5.25 Å². The molecule has 6 nitrogen and oxygen atoms in total. The lowest BCUT2D eigenvalue weighted by molar-refractivity contribution is 0.0643. The molecular formula is C23H39N3O3S. The fraction of sp³-hybridized carbons (Fsp3) is 0.696. The Morgan fingerprint density at radius 2 is 1.63 bits per heavy atom. The summed E-state index contributed by atoms with van der Waals surface area (Å²) in [5.74, 6) is 0.564. The van der Waals surface area contributed by atoms with Crippen molar-refractivity contribution in [2.24, 2.45) is 5.92 Å². The van der Waals surface area contributed by atoms with Gasteiger partial charge in [0.25, 0.3) is 5.91 Å². The highest BCUT2D eigenvalue weighted by atomic mass is 32.2. The number of hydrogen-bond donors (Lipinski definition) is 2.